The van der Waals surface area contributed by atoms with Crippen LogP contribution in [0.25, 0.3) is 11.5 Å². The molecule has 3 rings (SSSR count). The number of halogens is 2. The van der Waals surface area contributed by atoms with E-state index in [9.17, 15) is 9.18 Å². The van der Waals surface area contributed by atoms with Crippen LogP contribution in [0.1, 0.15) is 16.2 Å². The van der Waals surface area contributed by atoms with Gasteiger partial charge in [-0.3, -0.25) is 4.79 Å². The molecule has 7 heteroatoms. The maximum atomic E-state index is 13.6. The molecule has 0 aliphatic heterocycles. The molecule has 0 saturated carbocycles. The van der Waals surface area contributed by atoms with E-state index in [0.29, 0.717) is 10.6 Å². The predicted octanol–water partition coefficient (Wildman–Crippen LogP) is 3.46. The van der Waals surface area contributed by atoms with Gasteiger partial charge in [0.25, 0.3) is 11.8 Å². The van der Waals surface area contributed by atoms with Crippen LogP contribution in [0.2, 0.25) is 5.02 Å². The maximum Gasteiger partial charge on any atom is 0.251 e. The largest absolute Gasteiger partial charge is 0.419 e. The summed E-state index contributed by atoms with van der Waals surface area (Å²) in [5, 5.41) is 10.7. The van der Waals surface area contributed by atoms with Gasteiger partial charge in [-0.2, -0.15) is 0 Å². The number of aromatic nitrogens is 2. The van der Waals surface area contributed by atoms with E-state index in [0.717, 1.165) is 0 Å². The maximum absolute atomic E-state index is 13.6. The number of hydrogen-bond acceptors (Lipinski definition) is 4. The fraction of sp³-hybridized carbons (Fsp3) is 0.0625. The van der Waals surface area contributed by atoms with Crippen LogP contribution in [-0.2, 0) is 6.54 Å². The lowest BCUT2D eigenvalue weighted by molar-refractivity contribution is 0.0947. The Hall–Kier alpha value is -2.73. The number of carbonyl (C=O) groups is 1. The Morgan fingerprint density at radius 1 is 1.17 bits per heavy atom. The van der Waals surface area contributed by atoms with E-state index in [4.69, 9.17) is 16.0 Å². The van der Waals surface area contributed by atoms with E-state index in [1.165, 1.54) is 12.1 Å². The summed E-state index contributed by atoms with van der Waals surface area (Å²) < 4.78 is 19.0. The third-order valence-electron chi connectivity index (χ3n) is 3.06. The topological polar surface area (TPSA) is 68.0 Å². The summed E-state index contributed by atoms with van der Waals surface area (Å²) in [7, 11) is 0. The van der Waals surface area contributed by atoms with Crippen LogP contribution in [-0.4, -0.2) is 16.1 Å². The van der Waals surface area contributed by atoms with Gasteiger partial charge in [0.05, 0.1) is 12.1 Å². The molecule has 23 heavy (non-hydrogen) atoms. The van der Waals surface area contributed by atoms with E-state index in [-0.39, 0.29) is 29.8 Å². The van der Waals surface area contributed by atoms with E-state index in [1.54, 1.807) is 36.4 Å². The van der Waals surface area contributed by atoms with Crippen LogP contribution in [0, 0.1) is 5.82 Å². The summed E-state index contributed by atoms with van der Waals surface area (Å²) in [5.41, 5.74) is 0.638. The van der Waals surface area contributed by atoms with Crippen molar-refractivity contribution >= 4 is 17.5 Å². The van der Waals surface area contributed by atoms with Crippen molar-refractivity contribution in [2.75, 3.05) is 0 Å². The second-order valence-electron chi connectivity index (χ2n) is 4.67. The lowest BCUT2D eigenvalue weighted by Gasteiger charge is -2.02. The highest BCUT2D eigenvalue weighted by Crippen LogP contribution is 2.20. The van der Waals surface area contributed by atoms with Crippen LogP contribution in [0.4, 0.5) is 4.39 Å². The molecule has 0 aliphatic carbocycles. The van der Waals surface area contributed by atoms with E-state index < -0.39 is 5.82 Å². The molecule has 0 atom stereocenters. The van der Waals surface area contributed by atoms with Crippen LogP contribution in [0.3, 0.4) is 0 Å². The Kier molecular flexibility index (Phi) is 4.34. The van der Waals surface area contributed by atoms with Gasteiger partial charge in [0.2, 0.25) is 5.89 Å². The molecule has 0 fully saturated rings. The number of nitrogens with zero attached hydrogens (tertiary/aromatic N) is 2. The molecule has 116 valence electrons. The molecule has 0 radical (unpaired) electrons. The van der Waals surface area contributed by atoms with Crippen molar-refractivity contribution in [2.24, 2.45) is 0 Å². The van der Waals surface area contributed by atoms with Crippen molar-refractivity contribution in [3.05, 3.63) is 70.8 Å². The zero-order chi connectivity index (χ0) is 16.2. The van der Waals surface area contributed by atoms with Gasteiger partial charge in [-0.25, -0.2) is 4.39 Å². The monoisotopic (exact) mass is 331 g/mol. The fourth-order valence-electron chi connectivity index (χ4n) is 1.96. The molecular formula is C16H11ClFN3O2. The highest BCUT2D eigenvalue weighted by molar-refractivity contribution is 6.30. The average Bonchev–Trinajstić information content (AvgIpc) is 3.02. The fourth-order valence-corrected chi connectivity index (χ4v) is 2.15. The highest BCUT2D eigenvalue weighted by atomic mass is 35.5. The van der Waals surface area contributed by atoms with Crippen molar-refractivity contribution in [1.29, 1.82) is 0 Å². The number of nitrogens with one attached hydrogen (secondary N) is 1. The third-order valence-corrected chi connectivity index (χ3v) is 3.29. The Bertz CT molecular complexity index is 851. The van der Waals surface area contributed by atoms with Crippen molar-refractivity contribution in [3.63, 3.8) is 0 Å². The smallest absolute Gasteiger partial charge is 0.251 e. The average molecular weight is 332 g/mol. The van der Waals surface area contributed by atoms with Gasteiger partial charge >= 0.3 is 0 Å². The molecule has 5 nitrogen and oxygen atoms in total. The third kappa shape index (κ3) is 3.54. The first kappa shape index (κ1) is 15.2. The normalized spacial score (nSPS) is 10.5. The number of rotatable bonds is 4. The second-order valence-corrected chi connectivity index (χ2v) is 5.11. The van der Waals surface area contributed by atoms with Gasteiger partial charge in [0.15, 0.2) is 0 Å². The molecular weight excluding hydrogens is 321 g/mol. The number of amides is 1. The van der Waals surface area contributed by atoms with Crippen LogP contribution >= 0.6 is 11.6 Å². The van der Waals surface area contributed by atoms with Crippen molar-refractivity contribution in [3.8, 4) is 11.5 Å². The zero-order valence-corrected chi connectivity index (χ0v) is 12.5. The Balaban J connectivity index is 1.68. The molecule has 1 heterocycles. The van der Waals surface area contributed by atoms with Gasteiger partial charge < -0.3 is 9.73 Å². The first-order chi connectivity index (χ1) is 11.1. The minimum atomic E-state index is -0.453. The summed E-state index contributed by atoms with van der Waals surface area (Å²) in [5.74, 6) is -0.530. The molecule has 1 N–H and O–H groups in total. The SMILES string of the molecule is O=C(NCc1nnc(-c2ccccc2F)o1)c1cccc(Cl)c1. The molecule has 0 saturated heterocycles. The van der Waals surface area contributed by atoms with E-state index >= 15 is 0 Å². The van der Waals surface area contributed by atoms with Gasteiger partial charge in [-0.05, 0) is 30.3 Å². The van der Waals surface area contributed by atoms with Crippen LogP contribution < -0.4 is 5.32 Å². The highest BCUT2D eigenvalue weighted by Gasteiger charge is 2.13. The second kappa shape index (κ2) is 6.58. The minimum Gasteiger partial charge on any atom is -0.419 e. The van der Waals surface area contributed by atoms with Gasteiger partial charge in [-0.1, -0.05) is 29.8 Å². The molecule has 1 aromatic heterocycles. The van der Waals surface area contributed by atoms with Crippen LogP contribution in [0.15, 0.2) is 52.9 Å². The predicted molar refractivity (Wildman–Crippen MR) is 82.3 cm³/mol. The molecule has 1 amide bonds. The number of benzene rings is 2. The summed E-state index contributed by atoms with van der Waals surface area (Å²) in [6.45, 7) is 0.0345. The molecule has 3 aromatic rings. The molecule has 0 bridgehead atoms. The standard InChI is InChI=1S/C16H11ClFN3O2/c17-11-5-3-4-10(8-11)15(22)19-9-14-20-21-16(23-14)12-6-1-2-7-13(12)18/h1-8H,9H2,(H,19,22). The molecule has 0 aliphatic rings. The van der Waals surface area contributed by atoms with Crippen LogP contribution in [0.5, 0.6) is 0 Å². The Labute approximate surface area is 136 Å². The Morgan fingerprint density at radius 2 is 2.00 bits per heavy atom. The molecule has 2 aromatic carbocycles. The van der Waals surface area contributed by atoms with Crippen molar-refractivity contribution in [2.45, 2.75) is 6.54 Å². The number of carbonyl (C=O) groups excluding carboxylic acids is 1. The van der Waals surface area contributed by atoms with E-state index in [2.05, 4.69) is 15.5 Å². The molecule has 0 unspecified atom stereocenters. The number of hydrogen-bond donors (Lipinski definition) is 1. The van der Waals surface area contributed by atoms with Gasteiger partial charge in [0.1, 0.15) is 5.82 Å². The van der Waals surface area contributed by atoms with Gasteiger partial charge in [-0.15, -0.1) is 10.2 Å². The minimum absolute atomic E-state index is 0.0345. The molecule has 0 spiro atoms. The lowest BCUT2D eigenvalue weighted by Crippen LogP contribution is -2.22. The summed E-state index contributed by atoms with van der Waals surface area (Å²) in [6, 6.07) is 12.6. The van der Waals surface area contributed by atoms with Crippen molar-refractivity contribution < 1.29 is 13.6 Å². The summed E-state index contributed by atoms with van der Waals surface area (Å²) in [4.78, 5) is 12.0. The first-order valence-corrected chi connectivity index (χ1v) is 7.12. The quantitative estimate of drug-likeness (QED) is 0.795. The first-order valence-electron chi connectivity index (χ1n) is 6.74. The van der Waals surface area contributed by atoms with Gasteiger partial charge in [0, 0.05) is 10.6 Å². The van der Waals surface area contributed by atoms with Crippen molar-refractivity contribution in [1.82, 2.24) is 15.5 Å². The Morgan fingerprint density at radius 3 is 2.78 bits per heavy atom. The lowest BCUT2D eigenvalue weighted by atomic mass is 10.2. The van der Waals surface area contributed by atoms with E-state index in [1.807, 2.05) is 0 Å². The summed E-state index contributed by atoms with van der Waals surface area (Å²) in [6.07, 6.45) is 0. The summed E-state index contributed by atoms with van der Waals surface area (Å²) >= 11 is 5.84. The zero-order valence-electron chi connectivity index (χ0n) is 11.8.